The van der Waals surface area contributed by atoms with Gasteiger partial charge in [-0.25, -0.2) is 0 Å². The van der Waals surface area contributed by atoms with E-state index < -0.39 is 0 Å². The Morgan fingerprint density at radius 3 is 2.65 bits per heavy atom. The number of carbonyl (C=O) groups excluding carboxylic acids is 1. The second-order valence-electron chi connectivity index (χ2n) is 5.95. The molecule has 0 spiro atoms. The average Bonchev–Trinajstić information content (AvgIpc) is 2.56. The molecule has 23 heavy (non-hydrogen) atoms. The summed E-state index contributed by atoms with van der Waals surface area (Å²) in [5.74, 6) is -0.0312. The number of aryl methyl sites for hydroxylation is 1. The van der Waals surface area contributed by atoms with Gasteiger partial charge in [0.05, 0.1) is 5.56 Å². The summed E-state index contributed by atoms with van der Waals surface area (Å²) in [6, 6.07) is 9.19. The minimum Gasteiger partial charge on any atom is -0.507 e. The summed E-state index contributed by atoms with van der Waals surface area (Å²) >= 11 is 0. The second kappa shape index (κ2) is 6.79. The molecule has 1 fully saturated rings. The number of pyridine rings is 1. The van der Waals surface area contributed by atoms with Crippen molar-refractivity contribution in [1.82, 2.24) is 14.8 Å². The number of amides is 1. The Hall–Kier alpha value is -2.40. The number of phenols is 1. The van der Waals surface area contributed by atoms with Crippen LogP contribution in [0.2, 0.25) is 0 Å². The molecule has 5 nitrogen and oxygen atoms in total. The van der Waals surface area contributed by atoms with Crippen LogP contribution in [-0.2, 0) is 6.54 Å². The smallest absolute Gasteiger partial charge is 0.257 e. The molecule has 2 heterocycles. The lowest BCUT2D eigenvalue weighted by Gasteiger charge is -2.34. The zero-order valence-electron chi connectivity index (χ0n) is 13.3. The maximum atomic E-state index is 12.5. The molecule has 0 bridgehead atoms. The van der Waals surface area contributed by atoms with Crippen LogP contribution in [0.25, 0.3) is 0 Å². The van der Waals surface area contributed by atoms with Crippen molar-refractivity contribution in [2.75, 3.05) is 26.2 Å². The molecule has 1 N–H and O–H groups in total. The van der Waals surface area contributed by atoms with Crippen molar-refractivity contribution in [2.24, 2.45) is 0 Å². The van der Waals surface area contributed by atoms with E-state index in [1.165, 1.54) is 5.56 Å². The van der Waals surface area contributed by atoms with E-state index in [1.54, 1.807) is 18.3 Å². The van der Waals surface area contributed by atoms with Crippen LogP contribution in [0.1, 0.15) is 21.5 Å². The van der Waals surface area contributed by atoms with Crippen molar-refractivity contribution in [3.8, 4) is 5.75 Å². The standard InChI is InChI=1S/C18H21N3O2/c1-14-4-5-16(17(22)11-14)18(23)21-9-7-20(8-10-21)13-15-3-2-6-19-12-15/h2-6,11-12,22H,7-10,13H2,1H3. The highest BCUT2D eigenvalue weighted by molar-refractivity contribution is 5.97. The Bertz CT molecular complexity index is 680. The van der Waals surface area contributed by atoms with E-state index in [-0.39, 0.29) is 11.7 Å². The molecule has 0 saturated carbocycles. The summed E-state index contributed by atoms with van der Waals surface area (Å²) in [7, 11) is 0. The Kier molecular flexibility index (Phi) is 4.57. The molecule has 0 aliphatic carbocycles. The lowest BCUT2D eigenvalue weighted by Crippen LogP contribution is -2.48. The Morgan fingerprint density at radius 1 is 1.22 bits per heavy atom. The number of aromatic hydroxyl groups is 1. The predicted molar refractivity (Wildman–Crippen MR) is 88.3 cm³/mol. The van der Waals surface area contributed by atoms with Crippen molar-refractivity contribution >= 4 is 5.91 Å². The molecular formula is C18H21N3O2. The number of benzene rings is 1. The van der Waals surface area contributed by atoms with E-state index in [2.05, 4.69) is 16.0 Å². The number of phenolic OH excluding ortho intramolecular Hbond substituents is 1. The van der Waals surface area contributed by atoms with E-state index in [9.17, 15) is 9.90 Å². The van der Waals surface area contributed by atoms with Gasteiger partial charge in [-0.3, -0.25) is 14.7 Å². The zero-order chi connectivity index (χ0) is 16.2. The minimum absolute atomic E-state index is 0.0628. The molecule has 1 aliphatic rings. The minimum atomic E-state index is -0.0940. The molecule has 1 aliphatic heterocycles. The number of carbonyl (C=O) groups is 1. The summed E-state index contributed by atoms with van der Waals surface area (Å²) in [6.45, 7) is 5.75. The maximum Gasteiger partial charge on any atom is 0.257 e. The van der Waals surface area contributed by atoms with Crippen LogP contribution in [0.4, 0.5) is 0 Å². The normalized spacial score (nSPS) is 15.6. The van der Waals surface area contributed by atoms with E-state index >= 15 is 0 Å². The van der Waals surface area contributed by atoms with Crippen molar-refractivity contribution < 1.29 is 9.90 Å². The number of hydrogen-bond donors (Lipinski definition) is 1. The van der Waals surface area contributed by atoms with Crippen molar-refractivity contribution in [3.05, 3.63) is 59.4 Å². The van der Waals surface area contributed by atoms with Gasteiger partial charge in [0.2, 0.25) is 0 Å². The number of nitrogens with zero attached hydrogens (tertiary/aromatic N) is 3. The Labute approximate surface area is 136 Å². The molecule has 3 rings (SSSR count). The molecule has 1 amide bonds. The van der Waals surface area contributed by atoms with Gasteiger partial charge < -0.3 is 10.0 Å². The van der Waals surface area contributed by atoms with Gasteiger partial charge in [-0.1, -0.05) is 12.1 Å². The molecule has 1 aromatic carbocycles. The summed E-state index contributed by atoms with van der Waals surface area (Å²) < 4.78 is 0. The van der Waals surface area contributed by atoms with Crippen LogP contribution in [-0.4, -0.2) is 52.0 Å². The van der Waals surface area contributed by atoms with Crippen LogP contribution in [0.5, 0.6) is 5.75 Å². The fourth-order valence-electron chi connectivity index (χ4n) is 2.85. The molecule has 0 unspecified atom stereocenters. The molecule has 0 radical (unpaired) electrons. The van der Waals surface area contributed by atoms with Crippen LogP contribution in [0, 0.1) is 6.92 Å². The number of rotatable bonds is 3. The number of piperazine rings is 1. The average molecular weight is 311 g/mol. The first kappa shape index (κ1) is 15.5. The largest absolute Gasteiger partial charge is 0.507 e. The highest BCUT2D eigenvalue weighted by Crippen LogP contribution is 2.21. The van der Waals surface area contributed by atoms with Crippen LogP contribution < -0.4 is 0 Å². The molecule has 120 valence electrons. The predicted octanol–water partition coefficient (Wildman–Crippen LogP) is 2.05. The van der Waals surface area contributed by atoms with Gasteiger partial charge in [0, 0.05) is 45.1 Å². The molecule has 5 heteroatoms. The zero-order valence-corrected chi connectivity index (χ0v) is 13.3. The van der Waals surface area contributed by atoms with Gasteiger partial charge in [-0.15, -0.1) is 0 Å². The summed E-state index contributed by atoms with van der Waals surface area (Å²) in [5.41, 5.74) is 2.51. The van der Waals surface area contributed by atoms with Gasteiger partial charge in [0.1, 0.15) is 5.75 Å². The van der Waals surface area contributed by atoms with Gasteiger partial charge in [0.25, 0.3) is 5.91 Å². The van der Waals surface area contributed by atoms with Crippen LogP contribution in [0.3, 0.4) is 0 Å². The van der Waals surface area contributed by atoms with Crippen molar-refractivity contribution in [2.45, 2.75) is 13.5 Å². The Balaban J connectivity index is 1.59. The number of aromatic nitrogens is 1. The number of hydrogen-bond acceptors (Lipinski definition) is 4. The summed E-state index contributed by atoms with van der Waals surface area (Å²) in [5, 5.41) is 9.97. The first-order chi connectivity index (χ1) is 11.1. The lowest BCUT2D eigenvalue weighted by atomic mass is 10.1. The molecule has 0 atom stereocenters. The topological polar surface area (TPSA) is 56.7 Å². The third kappa shape index (κ3) is 3.68. The van der Waals surface area contributed by atoms with Gasteiger partial charge in [0.15, 0.2) is 0 Å². The van der Waals surface area contributed by atoms with Crippen molar-refractivity contribution in [3.63, 3.8) is 0 Å². The third-order valence-electron chi connectivity index (χ3n) is 4.17. The molecule has 1 saturated heterocycles. The van der Waals surface area contributed by atoms with Gasteiger partial charge in [-0.05, 0) is 36.2 Å². The SMILES string of the molecule is Cc1ccc(C(=O)N2CCN(Cc3cccnc3)CC2)c(O)c1. The summed E-state index contributed by atoms with van der Waals surface area (Å²) in [6.07, 6.45) is 3.65. The quantitative estimate of drug-likeness (QED) is 0.942. The Morgan fingerprint density at radius 2 is 2.00 bits per heavy atom. The highest BCUT2D eigenvalue weighted by atomic mass is 16.3. The molecular weight excluding hydrogens is 290 g/mol. The first-order valence-corrected chi connectivity index (χ1v) is 7.83. The van der Waals surface area contributed by atoms with Gasteiger partial charge in [-0.2, -0.15) is 0 Å². The molecule has 1 aromatic heterocycles. The fraction of sp³-hybridized carbons (Fsp3) is 0.333. The van der Waals surface area contributed by atoms with Crippen molar-refractivity contribution in [1.29, 1.82) is 0 Å². The van der Waals surface area contributed by atoms with E-state index in [1.807, 2.05) is 30.2 Å². The summed E-state index contributed by atoms with van der Waals surface area (Å²) in [4.78, 5) is 20.8. The highest BCUT2D eigenvalue weighted by Gasteiger charge is 2.23. The van der Waals surface area contributed by atoms with Crippen LogP contribution >= 0.6 is 0 Å². The lowest BCUT2D eigenvalue weighted by molar-refractivity contribution is 0.0625. The van der Waals surface area contributed by atoms with Gasteiger partial charge >= 0.3 is 0 Å². The van der Waals surface area contributed by atoms with Crippen LogP contribution in [0.15, 0.2) is 42.7 Å². The second-order valence-corrected chi connectivity index (χ2v) is 5.95. The fourth-order valence-corrected chi connectivity index (χ4v) is 2.85. The third-order valence-corrected chi connectivity index (χ3v) is 4.17. The monoisotopic (exact) mass is 311 g/mol. The van der Waals surface area contributed by atoms with E-state index in [4.69, 9.17) is 0 Å². The van der Waals surface area contributed by atoms with E-state index in [0.29, 0.717) is 18.7 Å². The van der Waals surface area contributed by atoms with E-state index in [0.717, 1.165) is 25.2 Å². The first-order valence-electron chi connectivity index (χ1n) is 7.83. The molecule has 2 aromatic rings. The maximum absolute atomic E-state index is 12.5.